The summed E-state index contributed by atoms with van der Waals surface area (Å²) in [5.41, 5.74) is -0.0806. The molecule has 8 nitrogen and oxygen atoms in total. The summed E-state index contributed by atoms with van der Waals surface area (Å²) in [6.45, 7) is 4.23. The van der Waals surface area contributed by atoms with Crippen LogP contribution in [0, 0.1) is 17.8 Å². The third kappa shape index (κ3) is 6.92. The summed E-state index contributed by atoms with van der Waals surface area (Å²) in [5, 5.41) is 20.8. The number of aryl methyl sites for hydroxylation is 1. The van der Waals surface area contributed by atoms with Crippen LogP contribution in [0.25, 0.3) is 21.5 Å². The highest BCUT2D eigenvalue weighted by molar-refractivity contribution is 6.06. The van der Waals surface area contributed by atoms with Gasteiger partial charge in [-0.2, -0.15) is 51.8 Å². The lowest BCUT2D eigenvalue weighted by Gasteiger charge is -2.42. The van der Waals surface area contributed by atoms with Gasteiger partial charge in [0.15, 0.2) is 6.23 Å². The quantitative estimate of drug-likeness (QED) is 0.142. The van der Waals surface area contributed by atoms with Crippen molar-refractivity contribution < 1.29 is 31.1 Å². The largest absolute Gasteiger partial charge is 0.471 e. The molecule has 3 aliphatic heterocycles. The molecule has 3 heterocycles. The first-order valence-electron chi connectivity index (χ1n) is 21.3. The molecule has 0 N–H and O–H groups in total. The first kappa shape index (κ1) is 42.3. The van der Waals surface area contributed by atoms with E-state index in [0.717, 1.165) is 58.7 Å². The number of halogens is 6. The van der Waals surface area contributed by atoms with E-state index in [0.29, 0.717) is 34.1 Å². The number of likely N-dealkylation sites (N-methyl/N-ethyl adjacent to an activating group) is 2. The molecular weight excluding hydrogens is 841 g/mol. The predicted octanol–water partition coefficient (Wildman–Crippen LogP) is 11.8. The third-order valence-corrected chi connectivity index (χ3v) is 13.2. The van der Waals surface area contributed by atoms with Gasteiger partial charge < -0.3 is 9.64 Å². The molecule has 6 unspecified atom stereocenters. The Bertz CT molecular complexity index is 2940. The van der Waals surface area contributed by atoms with Crippen LogP contribution in [0.3, 0.4) is 0 Å². The van der Waals surface area contributed by atoms with Gasteiger partial charge in [-0.15, -0.1) is 5.01 Å². The molecule has 4 aromatic carbocycles. The molecule has 0 aromatic heterocycles. The van der Waals surface area contributed by atoms with Crippen molar-refractivity contribution in [3.63, 3.8) is 0 Å². The van der Waals surface area contributed by atoms with Gasteiger partial charge in [-0.1, -0.05) is 127 Å². The molecule has 6 atom stereocenters. The predicted molar refractivity (Wildman–Crippen MR) is 244 cm³/mol. The number of benzene rings is 4. The molecule has 332 valence electrons. The monoisotopic (exact) mass is 885 g/mol. The number of hydrogen-bond acceptors (Lipinski definition) is 8. The van der Waals surface area contributed by atoms with E-state index in [-0.39, 0.29) is 6.04 Å². The van der Waals surface area contributed by atoms with Crippen LogP contribution in [0.1, 0.15) is 31.2 Å². The first-order chi connectivity index (χ1) is 31.0. The summed E-state index contributed by atoms with van der Waals surface area (Å²) in [4.78, 5) is 2.03. The number of anilines is 2. The van der Waals surface area contributed by atoms with Gasteiger partial charge in [-0.05, 0) is 73.2 Å². The average molecular weight is 886 g/mol. The summed E-state index contributed by atoms with van der Waals surface area (Å²) < 4.78 is 95.0. The smallest absolute Gasteiger partial charge is 0.400 e. The number of alkyl halides is 6. The van der Waals surface area contributed by atoms with E-state index >= 15 is 0 Å². The van der Waals surface area contributed by atoms with Crippen molar-refractivity contribution in [1.82, 2.24) is 14.9 Å². The SMILES string of the molecule is Cc1ccc2ccccc2c1N1N=C2C=CC(C)(C(F)(F)F)C=CC2N1C(OC1=CC=CC2=CC=CN(C)C21)c1ccc2ccccc2c1N1N=C2C=CC(C)(C(F)(F)F)C=CC2N1C. The summed E-state index contributed by atoms with van der Waals surface area (Å²) in [7, 11) is 3.72. The summed E-state index contributed by atoms with van der Waals surface area (Å²) in [5.74, 6) is 0.564. The normalized spacial score (nSPS) is 27.0. The second-order valence-corrected chi connectivity index (χ2v) is 17.6. The van der Waals surface area contributed by atoms with Crippen LogP contribution in [0.5, 0.6) is 0 Å². The molecule has 10 rings (SSSR count). The van der Waals surface area contributed by atoms with Gasteiger partial charge in [0.2, 0.25) is 0 Å². The second kappa shape index (κ2) is 15.2. The van der Waals surface area contributed by atoms with Gasteiger partial charge in [0.1, 0.15) is 11.8 Å². The highest BCUT2D eigenvalue weighted by Gasteiger charge is 2.52. The first-order valence-corrected chi connectivity index (χ1v) is 21.3. The van der Waals surface area contributed by atoms with Gasteiger partial charge in [0, 0.05) is 30.4 Å². The third-order valence-electron chi connectivity index (χ3n) is 13.2. The van der Waals surface area contributed by atoms with E-state index in [4.69, 9.17) is 14.9 Å². The maximum absolute atomic E-state index is 14.8. The van der Waals surface area contributed by atoms with E-state index in [1.54, 1.807) is 28.4 Å². The van der Waals surface area contributed by atoms with Crippen LogP contribution in [0.4, 0.5) is 37.7 Å². The van der Waals surface area contributed by atoms with Crippen LogP contribution in [0.2, 0.25) is 0 Å². The number of hydrazone groups is 2. The number of allylic oxidation sites excluding steroid dienone is 8. The summed E-state index contributed by atoms with van der Waals surface area (Å²) in [6, 6.07) is 21.6. The Morgan fingerprint density at radius 3 is 1.89 bits per heavy atom. The molecule has 4 aromatic rings. The minimum Gasteiger partial charge on any atom is -0.471 e. The van der Waals surface area contributed by atoms with Crippen LogP contribution < -0.4 is 10.2 Å². The number of rotatable bonds is 6. The lowest BCUT2D eigenvalue weighted by Crippen LogP contribution is -2.48. The maximum atomic E-state index is 14.8. The van der Waals surface area contributed by atoms with E-state index in [2.05, 4.69) is 0 Å². The van der Waals surface area contributed by atoms with Crippen molar-refractivity contribution in [2.75, 3.05) is 24.3 Å². The molecule has 3 aliphatic carbocycles. The molecule has 0 saturated heterocycles. The van der Waals surface area contributed by atoms with Crippen molar-refractivity contribution >= 4 is 44.3 Å². The van der Waals surface area contributed by atoms with Gasteiger partial charge in [-0.25, -0.2) is 0 Å². The van der Waals surface area contributed by atoms with Crippen molar-refractivity contribution in [3.05, 3.63) is 180 Å². The topological polar surface area (TPSA) is 50.2 Å². The van der Waals surface area contributed by atoms with Crippen LogP contribution in [-0.2, 0) is 4.74 Å². The van der Waals surface area contributed by atoms with Crippen molar-refractivity contribution in [3.8, 4) is 0 Å². The van der Waals surface area contributed by atoms with Gasteiger partial charge in [-0.3, -0.25) is 0 Å². The fraction of sp³-hybridized carbons (Fsp3) is 0.255. The van der Waals surface area contributed by atoms with E-state index in [1.165, 1.54) is 30.4 Å². The number of nitrogens with zero attached hydrogens (tertiary/aromatic N) is 7. The minimum atomic E-state index is -4.60. The molecular formula is C51H45F6N7O. The zero-order valence-corrected chi connectivity index (χ0v) is 36.1. The Labute approximate surface area is 372 Å². The number of hydrogen-bond donors (Lipinski definition) is 0. The molecule has 0 radical (unpaired) electrons. The highest BCUT2D eigenvalue weighted by Crippen LogP contribution is 2.49. The van der Waals surface area contributed by atoms with E-state index < -0.39 is 41.5 Å². The van der Waals surface area contributed by atoms with Gasteiger partial charge >= 0.3 is 12.4 Å². The Morgan fingerprint density at radius 1 is 0.646 bits per heavy atom. The van der Waals surface area contributed by atoms with Crippen LogP contribution >= 0.6 is 0 Å². The van der Waals surface area contributed by atoms with Crippen LogP contribution in [-0.4, -0.2) is 70.9 Å². The standard InChI is InChI=1S/C51H45F6N7O/c1-32-19-20-33-12-6-8-16-36(33)44(32)64-59-40-24-28-49(3,51(55,56)57)30-26-42(40)62(64)47(65-43-18-10-14-35-15-11-31-60(4)45(35)43)38-22-21-34-13-7-9-17-37(34)46(38)63-58-39-23-27-48(2,50(52,53)54)29-25-41(39)61(63)5/h6-31,41-42,45,47H,1-5H3. The molecule has 14 heteroatoms. The second-order valence-electron chi connectivity index (χ2n) is 17.6. The Morgan fingerprint density at radius 2 is 1.23 bits per heavy atom. The molecule has 0 saturated carbocycles. The zero-order chi connectivity index (χ0) is 45.6. The fourth-order valence-corrected chi connectivity index (χ4v) is 9.28. The van der Waals surface area contributed by atoms with Crippen molar-refractivity contribution in [2.24, 2.45) is 21.0 Å². The lowest BCUT2D eigenvalue weighted by molar-refractivity contribution is -0.184. The summed E-state index contributed by atoms with van der Waals surface area (Å²) in [6.07, 6.45) is 12.1. The molecule has 6 aliphatic rings. The molecule has 65 heavy (non-hydrogen) atoms. The number of fused-ring (bicyclic) bond motifs is 5. The Hall–Kier alpha value is -6.64. The Balaban J connectivity index is 1.23. The fourth-order valence-electron chi connectivity index (χ4n) is 9.28. The lowest BCUT2D eigenvalue weighted by atomic mass is 9.89. The molecule has 0 bridgehead atoms. The number of hydrazine groups is 2. The minimum absolute atomic E-state index is 0.357. The average Bonchev–Trinajstić information content (AvgIpc) is 3.64. The molecule has 0 amide bonds. The van der Waals surface area contributed by atoms with Crippen LogP contribution in [0.15, 0.2) is 180 Å². The van der Waals surface area contributed by atoms with Crippen molar-refractivity contribution in [1.29, 1.82) is 0 Å². The van der Waals surface area contributed by atoms with Gasteiger partial charge in [0.25, 0.3) is 0 Å². The maximum Gasteiger partial charge on any atom is 0.400 e. The highest BCUT2D eigenvalue weighted by atomic mass is 19.4. The zero-order valence-electron chi connectivity index (χ0n) is 36.1. The number of ether oxygens (including phenoxy) is 1. The summed E-state index contributed by atoms with van der Waals surface area (Å²) >= 11 is 0. The van der Waals surface area contributed by atoms with Crippen molar-refractivity contribution in [2.45, 2.75) is 57.5 Å². The Kier molecular flexibility index (Phi) is 9.92. The molecule has 0 spiro atoms. The van der Waals surface area contributed by atoms with E-state index in [9.17, 15) is 26.3 Å². The van der Waals surface area contributed by atoms with Gasteiger partial charge in [0.05, 0.1) is 45.7 Å². The molecule has 0 fully saturated rings. The van der Waals surface area contributed by atoms with E-state index in [1.807, 2.05) is 133 Å².